The molecule has 3 aromatic rings. The third kappa shape index (κ3) is 2.49. The lowest BCUT2D eigenvalue weighted by Gasteiger charge is -2.03. The Bertz CT molecular complexity index is 818. The number of carboxylic acid groups (broad SMARTS) is 1. The summed E-state index contributed by atoms with van der Waals surface area (Å²) in [5, 5.41) is 14.8. The molecule has 21 heavy (non-hydrogen) atoms. The lowest BCUT2D eigenvalue weighted by atomic mass is 10.1. The monoisotopic (exact) mass is 364 g/mol. The molecular weight excluding hydrogens is 352 g/mol. The van der Waals surface area contributed by atoms with Crippen LogP contribution in [0, 0.1) is 0 Å². The molecule has 1 aromatic carbocycles. The number of thiophene rings is 1. The molecular formula is C15H13BrN2O2S. The molecule has 2 heterocycles. The average molecular weight is 365 g/mol. The Kier molecular flexibility index (Phi) is 3.59. The topological polar surface area (TPSA) is 55.1 Å². The molecule has 108 valence electrons. The van der Waals surface area contributed by atoms with E-state index in [9.17, 15) is 9.90 Å². The van der Waals surface area contributed by atoms with Crippen LogP contribution in [0.2, 0.25) is 0 Å². The molecule has 0 radical (unpaired) electrons. The van der Waals surface area contributed by atoms with Crippen LogP contribution in [0.3, 0.4) is 0 Å². The first-order valence-electron chi connectivity index (χ1n) is 6.49. The zero-order valence-corrected chi connectivity index (χ0v) is 13.9. The SMILES string of the molecule is CC(C)c1nn(-c2ccc(Br)cc2)c2sc(C(=O)O)cc12. The Hall–Kier alpha value is -1.66. The maximum atomic E-state index is 11.2. The number of hydrogen-bond donors (Lipinski definition) is 1. The van der Waals surface area contributed by atoms with E-state index in [-0.39, 0.29) is 5.92 Å². The summed E-state index contributed by atoms with van der Waals surface area (Å²) in [4.78, 5) is 12.4. The summed E-state index contributed by atoms with van der Waals surface area (Å²) in [6, 6.07) is 9.54. The summed E-state index contributed by atoms with van der Waals surface area (Å²) in [5.41, 5.74) is 1.85. The molecule has 0 aliphatic heterocycles. The zero-order valence-electron chi connectivity index (χ0n) is 11.5. The van der Waals surface area contributed by atoms with Gasteiger partial charge in [-0.15, -0.1) is 11.3 Å². The highest BCUT2D eigenvalue weighted by atomic mass is 79.9. The lowest BCUT2D eigenvalue weighted by Crippen LogP contribution is -1.98. The first-order valence-corrected chi connectivity index (χ1v) is 8.10. The first-order chi connectivity index (χ1) is 9.97. The maximum absolute atomic E-state index is 11.2. The van der Waals surface area contributed by atoms with E-state index < -0.39 is 5.97 Å². The Labute approximate surface area is 134 Å². The van der Waals surface area contributed by atoms with Gasteiger partial charge in [0.05, 0.1) is 11.4 Å². The number of benzene rings is 1. The van der Waals surface area contributed by atoms with Crippen LogP contribution in [0.15, 0.2) is 34.8 Å². The first kappa shape index (κ1) is 14.3. The standard InChI is InChI=1S/C15H13BrN2O2S/c1-8(2)13-11-7-12(15(19)20)21-14(11)18(17-13)10-5-3-9(16)4-6-10/h3-8H,1-2H3,(H,19,20). The van der Waals surface area contributed by atoms with Crippen molar-refractivity contribution < 1.29 is 9.90 Å². The summed E-state index contributed by atoms with van der Waals surface area (Å²) >= 11 is 4.67. The van der Waals surface area contributed by atoms with Crippen LogP contribution in [0.4, 0.5) is 0 Å². The molecule has 6 heteroatoms. The second-order valence-electron chi connectivity index (χ2n) is 5.06. The highest BCUT2D eigenvalue weighted by Gasteiger charge is 2.19. The largest absolute Gasteiger partial charge is 0.477 e. The van der Waals surface area contributed by atoms with Crippen molar-refractivity contribution in [2.24, 2.45) is 0 Å². The fourth-order valence-electron chi connectivity index (χ4n) is 2.22. The van der Waals surface area contributed by atoms with E-state index in [0.717, 1.165) is 26.1 Å². The van der Waals surface area contributed by atoms with Gasteiger partial charge in [-0.25, -0.2) is 9.48 Å². The third-order valence-electron chi connectivity index (χ3n) is 3.22. The van der Waals surface area contributed by atoms with Gasteiger partial charge < -0.3 is 5.11 Å². The molecule has 0 bridgehead atoms. The van der Waals surface area contributed by atoms with Gasteiger partial charge in [0.1, 0.15) is 9.71 Å². The van der Waals surface area contributed by atoms with Crippen LogP contribution in [0.25, 0.3) is 15.9 Å². The van der Waals surface area contributed by atoms with Crippen LogP contribution in [-0.4, -0.2) is 20.9 Å². The summed E-state index contributed by atoms with van der Waals surface area (Å²) in [6.07, 6.45) is 0. The lowest BCUT2D eigenvalue weighted by molar-refractivity contribution is 0.0702. The molecule has 3 rings (SSSR count). The Morgan fingerprint density at radius 2 is 2.00 bits per heavy atom. The highest BCUT2D eigenvalue weighted by molar-refractivity contribution is 9.10. The molecule has 0 unspecified atom stereocenters. The van der Waals surface area contributed by atoms with E-state index in [1.54, 1.807) is 6.07 Å². The zero-order chi connectivity index (χ0) is 15.1. The van der Waals surface area contributed by atoms with Crippen molar-refractivity contribution in [3.63, 3.8) is 0 Å². The van der Waals surface area contributed by atoms with Crippen LogP contribution >= 0.6 is 27.3 Å². The van der Waals surface area contributed by atoms with Crippen molar-refractivity contribution in [2.45, 2.75) is 19.8 Å². The van der Waals surface area contributed by atoms with Gasteiger partial charge >= 0.3 is 5.97 Å². The minimum atomic E-state index is -0.895. The van der Waals surface area contributed by atoms with Crippen LogP contribution < -0.4 is 0 Å². The van der Waals surface area contributed by atoms with E-state index in [2.05, 4.69) is 34.9 Å². The fraction of sp³-hybridized carbons (Fsp3) is 0.200. The highest BCUT2D eigenvalue weighted by Crippen LogP contribution is 2.33. The number of fused-ring (bicyclic) bond motifs is 1. The van der Waals surface area contributed by atoms with Crippen molar-refractivity contribution in [1.29, 1.82) is 0 Å². The van der Waals surface area contributed by atoms with Gasteiger partial charge in [-0.1, -0.05) is 29.8 Å². The average Bonchev–Trinajstić information content (AvgIpc) is 2.98. The van der Waals surface area contributed by atoms with Crippen molar-refractivity contribution >= 4 is 43.5 Å². The number of nitrogens with zero attached hydrogens (tertiary/aromatic N) is 2. The molecule has 0 saturated heterocycles. The van der Waals surface area contributed by atoms with E-state index in [1.807, 2.05) is 28.9 Å². The number of hydrogen-bond acceptors (Lipinski definition) is 3. The summed E-state index contributed by atoms with van der Waals surface area (Å²) < 4.78 is 2.82. The fourth-order valence-corrected chi connectivity index (χ4v) is 3.46. The minimum absolute atomic E-state index is 0.237. The van der Waals surface area contributed by atoms with Crippen molar-refractivity contribution in [1.82, 2.24) is 9.78 Å². The predicted octanol–water partition coefficient (Wildman–Crippen LogP) is 4.67. The Morgan fingerprint density at radius 3 is 2.57 bits per heavy atom. The normalized spacial score (nSPS) is 11.4. The van der Waals surface area contributed by atoms with E-state index in [1.165, 1.54) is 11.3 Å². The summed E-state index contributed by atoms with van der Waals surface area (Å²) in [5.74, 6) is -0.659. The molecule has 0 saturated carbocycles. The number of aromatic carboxylic acids is 1. The molecule has 2 aromatic heterocycles. The second-order valence-corrected chi connectivity index (χ2v) is 7.01. The van der Waals surface area contributed by atoms with E-state index >= 15 is 0 Å². The molecule has 0 spiro atoms. The number of carbonyl (C=O) groups is 1. The Morgan fingerprint density at radius 1 is 1.33 bits per heavy atom. The maximum Gasteiger partial charge on any atom is 0.345 e. The molecule has 0 aliphatic rings. The molecule has 0 atom stereocenters. The van der Waals surface area contributed by atoms with Crippen molar-refractivity contribution in [3.05, 3.63) is 45.4 Å². The van der Waals surface area contributed by atoms with Crippen molar-refractivity contribution in [2.75, 3.05) is 0 Å². The van der Waals surface area contributed by atoms with Crippen LogP contribution in [0.5, 0.6) is 0 Å². The summed E-state index contributed by atoms with van der Waals surface area (Å²) in [7, 11) is 0. The number of carboxylic acids is 1. The second kappa shape index (κ2) is 5.27. The molecule has 1 N–H and O–H groups in total. The van der Waals surface area contributed by atoms with E-state index in [4.69, 9.17) is 0 Å². The van der Waals surface area contributed by atoms with Gasteiger partial charge in [0, 0.05) is 9.86 Å². The smallest absolute Gasteiger partial charge is 0.345 e. The van der Waals surface area contributed by atoms with Gasteiger partial charge in [-0.3, -0.25) is 0 Å². The van der Waals surface area contributed by atoms with Crippen LogP contribution in [-0.2, 0) is 0 Å². The molecule has 0 fully saturated rings. The van der Waals surface area contributed by atoms with Gasteiger partial charge in [-0.2, -0.15) is 5.10 Å². The van der Waals surface area contributed by atoms with Gasteiger partial charge in [0.25, 0.3) is 0 Å². The minimum Gasteiger partial charge on any atom is -0.477 e. The molecule has 4 nitrogen and oxygen atoms in total. The number of halogens is 1. The Balaban J connectivity index is 2.26. The quantitative estimate of drug-likeness (QED) is 0.734. The third-order valence-corrected chi connectivity index (χ3v) is 4.84. The van der Waals surface area contributed by atoms with E-state index in [0.29, 0.717) is 4.88 Å². The van der Waals surface area contributed by atoms with Crippen molar-refractivity contribution in [3.8, 4) is 5.69 Å². The predicted molar refractivity (Wildman–Crippen MR) is 87.7 cm³/mol. The molecule has 0 amide bonds. The van der Waals surface area contributed by atoms with Gasteiger partial charge in [0.2, 0.25) is 0 Å². The summed E-state index contributed by atoms with van der Waals surface area (Å²) in [6.45, 7) is 4.12. The number of aromatic nitrogens is 2. The van der Waals surface area contributed by atoms with Crippen LogP contribution in [0.1, 0.15) is 35.1 Å². The van der Waals surface area contributed by atoms with Gasteiger partial charge in [-0.05, 0) is 36.2 Å². The van der Waals surface area contributed by atoms with Gasteiger partial charge in [0.15, 0.2) is 0 Å². The molecule has 0 aliphatic carbocycles. The number of rotatable bonds is 3.